The van der Waals surface area contributed by atoms with Crippen molar-refractivity contribution >= 4 is 11.6 Å². The van der Waals surface area contributed by atoms with Crippen LogP contribution >= 0.6 is 0 Å². The quantitative estimate of drug-likeness (QED) is 0.903. The lowest BCUT2D eigenvalue weighted by molar-refractivity contribution is 0.425. The van der Waals surface area contributed by atoms with Crippen LogP contribution in [0.1, 0.15) is 56.7 Å². The molecular formula is C15H24N4. The van der Waals surface area contributed by atoms with E-state index in [0.717, 1.165) is 17.5 Å². The van der Waals surface area contributed by atoms with Gasteiger partial charge in [0.1, 0.15) is 17.5 Å². The van der Waals surface area contributed by atoms with Crippen LogP contribution in [-0.2, 0) is 0 Å². The van der Waals surface area contributed by atoms with Crippen molar-refractivity contribution in [3.63, 3.8) is 0 Å². The number of aromatic nitrogens is 2. The monoisotopic (exact) mass is 260 g/mol. The molecule has 3 rings (SSSR count). The molecule has 0 unspecified atom stereocenters. The van der Waals surface area contributed by atoms with Gasteiger partial charge in [0, 0.05) is 32.1 Å². The number of hydrogen-bond acceptors (Lipinski definition) is 4. The van der Waals surface area contributed by atoms with Gasteiger partial charge >= 0.3 is 0 Å². The molecular weight excluding hydrogens is 236 g/mol. The van der Waals surface area contributed by atoms with Crippen LogP contribution < -0.4 is 10.2 Å². The van der Waals surface area contributed by atoms with Gasteiger partial charge in [-0.1, -0.05) is 19.3 Å². The molecule has 4 nitrogen and oxygen atoms in total. The van der Waals surface area contributed by atoms with Gasteiger partial charge < -0.3 is 10.2 Å². The molecule has 2 aliphatic carbocycles. The fourth-order valence-electron chi connectivity index (χ4n) is 2.94. The van der Waals surface area contributed by atoms with Crippen LogP contribution in [0.15, 0.2) is 6.07 Å². The minimum Gasteiger partial charge on any atom is -0.373 e. The third-order valence-corrected chi connectivity index (χ3v) is 4.41. The highest BCUT2D eigenvalue weighted by molar-refractivity contribution is 5.50. The van der Waals surface area contributed by atoms with Crippen molar-refractivity contribution < 1.29 is 0 Å². The van der Waals surface area contributed by atoms with E-state index in [0.29, 0.717) is 12.0 Å². The number of anilines is 2. The first-order chi connectivity index (χ1) is 9.28. The third kappa shape index (κ3) is 2.82. The van der Waals surface area contributed by atoms with Gasteiger partial charge in [-0.3, -0.25) is 0 Å². The van der Waals surface area contributed by atoms with E-state index >= 15 is 0 Å². The van der Waals surface area contributed by atoms with E-state index in [1.54, 1.807) is 0 Å². The Labute approximate surface area is 115 Å². The van der Waals surface area contributed by atoms with Gasteiger partial charge in [0.2, 0.25) is 0 Å². The lowest BCUT2D eigenvalue weighted by Gasteiger charge is -2.32. The molecule has 4 heteroatoms. The van der Waals surface area contributed by atoms with Crippen molar-refractivity contribution in [2.45, 2.75) is 56.9 Å². The zero-order chi connectivity index (χ0) is 13.2. The third-order valence-electron chi connectivity index (χ3n) is 4.41. The minimum absolute atomic E-state index is 0.604. The van der Waals surface area contributed by atoms with Crippen molar-refractivity contribution in [2.24, 2.45) is 0 Å². The molecule has 0 spiro atoms. The van der Waals surface area contributed by atoms with E-state index in [1.807, 2.05) is 7.05 Å². The highest BCUT2D eigenvalue weighted by Crippen LogP contribution is 2.39. The first-order valence-corrected chi connectivity index (χ1v) is 7.57. The average molecular weight is 260 g/mol. The Morgan fingerprint density at radius 3 is 2.47 bits per heavy atom. The van der Waals surface area contributed by atoms with Gasteiger partial charge in [-0.2, -0.15) is 0 Å². The van der Waals surface area contributed by atoms with Crippen LogP contribution in [-0.4, -0.2) is 30.1 Å². The zero-order valence-electron chi connectivity index (χ0n) is 12.0. The second-order valence-electron chi connectivity index (χ2n) is 5.90. The van der Waals surface area contributed by atoms with Crippen molar-refractivity contribution in [1.29, 1.82) is 0 Å². The van der Waals surface area contributed by atoms with Gasteiger partial charge in [0.05, 0.1) is 0 Å². The fraction of sp³-hybridized carbons (Fsp3) is 0.733. The molecule has 2 fully saturated rings. The molecule has 0 atom stereocenters. The zero-order valence-corrected chi connectivity index (χ0v) is 12.0. The molecule has 0 aliphatic heterocycles. The van der Waals surface area contributed by atoms with Crippen LogP contribution in [0.4, 0.5) is 11.6 Å². The average Bonchev–Trinajstić information content (AvgIpc) is 3.31. The molecule has 1 aromatic heterocycles. The molecule has 0 radical (unpaired) electrons. The maximum atomic E-state index is 4.79. The second-order valence-corrected chi connectivity index (χ2v) is 5.90. The molecule has 1 N–H and O–H groups in total. The van der Waals surface area contributed by atoms with Crippen molar-refractivity contribution in [3.8, 4) is 0 Å². The minimum atomic E-state index is 0.604. The van der Waals surface area contributed by atoms with Crippen LogP contribution in [0.3, 0.4) is 0 Å². The summed E-state index contributed by atoms with van der Waals surface area (Å²) in [5, 5.41) is 3.17. The molecule has 0 aromatic carbocycles. The predicted octanol–water partition coefficient (Wildman–Crippen LogP) is 3.16. The second kappa shape index (κ2) is 5.35. The summed E-state index contributed by atoms with van der Waals surface area (Å²) in [4.78, 5) is 11.8. The van der Waals surface area contributed by atoms with Crippen LogP contribution in [0, 0.1) is 0 Å². The summed E-state index contributed by atoms with van der Waals surface area (Å²) in [5.41, 5.74) is 0. The summed E-state index contributed by atoms with van der Waals surface area (Å²) < 4.78 is 0. The van der Waals surface area contributed by atoms with Crippen molar-refractivity contribution in [1.82, 2.24) is 9.97 Å². The summed E-state index contributed by atoms with van der Waals surface area (Å²) in [6, 6.07) is 2.74. The maximum absolute atomic E-state index is 4.79. The molecule has 2 saturated carbocycles. The Bertz CT molecular complexity index is 436. The van der Waals surface area contributed by atoms with Crippen LogP contribution in [0.2, 0.25) is 0 Å². The van der Waals surface area contributed by atoms with Crippen molar-refractivity contribution in [3.05, 3.63) is 11.9 Å². The first kappa shape index (κ1) is 12.7. The van der Waals surface area contributed by atoms with E-state index in [-0.39, 0.29) is 0 Å². The van der Waals surface area contributed by atoms with E-state index in [1.165, 1.54) is 44.9 Å². The number of rotatable bonds is 4. The molecule has 0 amide bonds. The van der Waals surface area contributed by atoms with Gasteiger partial charge in [-0.05, 0) is 25.7 Å². The largest absolute Gasteiger partial charge is 0.373 e. The summed E-state index contributed by atoms with van der Waals surface area (Å²) in [7, 11) is 4.12. The highest BCUT2D eigenvalue weighted by atomic mass is 15.2. The summed E-state index contributed by atoms with van der Waals surface area (Å²) in [5.74, 6) is 3.68. The number of nitrogens with one attached hydrogen (secondary N) is 1. The Kier molecular flexibility index (Phi) is 3.58. The maximum Gasteiger partial charge on any atom is 0.136 e. The Balaban J connectivity index is 1.83. The fourth-order valence-corrected chi connectivity index (χ4v) is 2.94. The van der Waals surface area contributed by atoms with Gasteiger partial charge in [-0.25, -0.2) is 9.97 Å². The highest BCUT2D eigenvalue weighted by Gasteiger charge is 2.28. The summed E-state index contributed by atoms with van der Waals surface area (Å²) in [6.45, 7) is 0. The van der Waals surface area contributed by atoms with Crippen molar-refractivity contribution in [2.75, 3.05) is 24.3 Å². The first-order valence-electron chi connectivity index (χ1n) is 7.57. The molecule has 0 saturated heterocycles. The summed E-state index contributed by atoms with van der Waals surface area (Å²) in [6.07, 6.45) is 9.20. The molecule has 104 valence electrons. The number of nitrogens with zero attached hydrogens (tertiary/aromatic N) is 3. The smallest absolute Gasteiger partial charge is 0.136 e. The van der Waals surface area contributed by atoms with Gasteiger partial charge in [0.25, 0.3) is 0 Å². The molecule has 1 heterocycles. The van der Waals surface area contributed by atoms with Gasteiger partial charge in [0.15, 0.2) is 0 Å². The van der Waals surface area contributed by atoms with E-state index in [4.69, 9.17) is 4.98 Å². The normalized spacial score (nSPS) is 20.3. The van der Waals surface area contributed by atoms with E-state index < -0.39 is 0 Å². The van der Waals surface area contributed by atoms with E-state index in [2.05, 4.69) is 28.3 Å². The molecule has 1 aromatic rings. The Morgan fingerprint density at radius 1 is 1.11 bits per heavy atom. The van der Waals surface area contributed by atoms with Crippen LogP contribution in [0.25, 0.3) is 0 Å². The standard InChI is InChI=1S/C15H24N4/c1-16-13-10-14(18-15(17-13)11-8-9-11)19(2)12-6-4-3-5-7-12/h10-12H,3-9H2,1-2H3,(H,16,17,18). The molecule has 2 aliphatic rings. The molecule has 19 heavy (non-hydrogen) atoms. The molecule has 0 bridgehead atoms. The van der Waals surface area contributed by atoms with Crippen LogP contribution in [0.5, 0.6) is 0 Å². The predicted molar refractivity (Wildman–Crippen MR) is 78.8 cm³/mol. The number of hydrogen-bond donors (Lipinski definition) is 1. The Morgan fingerprint density at radius 2 is 1.84 bits per heavy atom. The lowest BCUT2D eigenvalue weighted by Crippen LogP contribution is -2.34. The lowest BCUT2D eigenvalue weighted by atomic mass is 9.94. The Hall–Kier alpha value is -1.32. The SMILES string of the molecule is CNc1cc(N(C)C2CCCCC2)nc(C2CC2)n1. The van der Waals surface area contributed by atoms with E-state index in [9.17, 15) is 0 Å². The topological polar surface area (TPSA) is 41.0 Å². The summed E-state index contributed by atoms with van der Waals surface area (Å²) >= 11 is 0. The van der Waals surface area contributed by atoms with Gasteiger partial charge in [-0.15, -0.1) is 0 Å².